The van der Waals surface area contributed by atoms with E-state index < -0.39 is 0 Å². The molecule has 0 aliphatic carbocycles. The van der Waals surface area contributed by atoms with Crippen LogP contribution < -0.4 is 4.90 Å². The van der Waals surface area contributed by atoms with E-state index in [1.165, 1.54) is 23.1 Å². The van der Waals surface area contributed by atoms with Crippen molar-refractivity contribution in [1.29, 1.82) is 0 Å². The van der Waals surface area contributed by atoms with Gasteiger partial charge in [0, 0.05) is 60.2 Å². The topological polar surface area (TPSA) is 52.4 Å². The van der Waals surface area contributed by atoms with Gasteiger partial charge in [-0.1, -0.05) is 17.7 Å². The summed E-state index contributed by atoms with van der Waals surface area (Å²) in [5.41, 5.74) is 3.46. The average molecular weight is 423 g/mol. The monoisotopic (exact) mass is 422 g/mol. The van der Waals surface area contributed by atoms with E-state index in [0.717, 1.165) is 53.4 Å². The number of hydrogen-bond acceptors (Lipinski definition) is 6. The van der Waals surface area contributed by atoms with Gasteiger partial charge in [0.1, 0.15) is 11.5 Å². The van der Waals surface area contributed by atoms with Crippen molar-refractivity contribution in [3.05, 3.63) is 60.4 Å². The number of nitrogens with zero attached hydrogens (tertiary/aromatic N) is 4. The predicted molar refractivity (Wildman–Crippen MR) is 123 cm³/mol. The second-order valence-electron chi connectivity index (χ2n) is 7.15. The van der Waals surface area contributed by atoms with Gasteiger partial charge in [-0.25, -0.2) is 4.98 Å². The van der Waals surface area contributed by atoms with E-state index in [1.807, 2.05) is 30.6 Å². The van der Waals surface area contributed by atoms with Gasteiger partial charge in [-0.3, -0.25) is 4.98 Å². The van der Waals surface area contributed by atoms with Crippen LogP contribution in [0.3, 0.4) is 0 Å². The van der Waals surface area contributed by atoms with Crippen LogP contribution in [0.4, 0.5) is 5.82 Å². The third-order valence-corrected chi connectivity index (χ3v) is 5.79. The molecule has 30 heavy (non-hydrogen) atoms. The van der Waals surface area contributed by atoms with Crippen molar-refractivity contribution in [2.75, 3.05) is 38.3 Å². The van der Waals surface area contributed by atoms with Gasteiger partial charge in [-0.2, -0.15) is 0 Å². The maximum Gasteiger partial charge on any atom is 0.143 e. The summed E-state index contributed by atoms with van der Waals surface area (Å²) in [5, 5.41) is 2.32. The largest absolute Gasteiger partial charge is 0.378 e. The SMILES string of the molecule is COSc1ccc(C)cc1.Cn1c2ccncc2c2ccc(N3CCOCC3)nc21. The number of hydrogen-bond donors (Lipinski definition) is 0. The Morgan fingerprint density at radius 1 is 1.00 bits per heavy atom. The zero-order chi connectivity index (χ0) is 20.9. The van der Waals surface area contributed by atoms with E-state index in [9.17, 15) is 0 Å². The predicted octanol–water partition coefficient (Wildman–Crippen LogP) is 4.61. The third kappa shape index (κ3) is 4.43. The quantitative estimate of drug-likeness (QED) is 0.450. The molecule has 0 N–H and O–H groups in total. The molecule has 6 nitrogen and oxygen atoms in total. The molecule has 1 saturated heterocycles. The molecule has 1 fully saturated rings. The highest BCUT2D eigenvalue weighted by Crippen LogP contribution is 2.28. The van der Waals surface area contributed by atoms with Crippen molar-refractivity contribution in [2.45, 2.75) is 11.8 Å². The zero-order valence-electron chi connectivity index (χ0n) is 17.5. The molecule has 0 saturated carbocycles. The Labute approximate surface area is 181 Å². The zero-order valence-corrected chi connectivity index (χ0v) is 18.4. The first kappa shape index (κ1) is 20.7. The Kier molecular flexibility index (Phi) is 6.52. The number of morpholine rings is 1. The maximum absolute atomic E-state index is 5.40. The minimum Gasteiger partial charge on any atom is -0.378 e. The molecule has 4 heterocycles. The first-order chi connectivity index (χ1) is 14.7. The molecule has 1 aliphatic rings. The number of anilines is 1. The fourth-order valence-corrected chi connectivity index (χ4v) is 4.00. The highest BCUT2D eigenvalue weighted by molar-refractivity contribution is 7.94. The standard InChI is InChI=1S/C15H16N4O.C8H10OS/c1-18-13-4-5-16-10-12(13)11-2-3-14(17-15(11)18)19-6-8-20-9-7-19;1-7-3-5-8(6-4-7)10-9-2/h2-5,10H,6-9H2,1H3;3-6H,1-2H3. The Hall–Kier alpha value is -2.61. The van der Waals surface area contributed by atoms with Gasteiger partial charge in [-0.05, 0) is 37.3 Å². The van der Waals surface area contributed by atoms with Gasteiger partial charge < -0.3 is 18.4 Å². The highest BCUT2D eigenvalue weighted by atomic mass is 32.2. The molecule has 3 aromatic heterocycles. The molecule has 1 aliphatic heterocycles. The van der Waals surface area contributed by atoms with Gasteiger partial charge in [-0.15, -0.1) is 0 Å². The van der Waals surface area contributed by atoms with E-state index in [4.69, 9.17) is 13.9 Å². The van der Waals surface area contributed by atoms with Crippen LogP contribution in [0.5, 0.6) is 0 Å². The number of aromatic nitrogens is 3. The summed E-state index contributed by atoms with van der Waals surface area (Å²) in [6.07, 6.45) is 3.73. The van der Waals surface area contributed by atoms with Gasteiger partial charge >= 0.3 is 0 Å². The molecular formula is C23H26N4O2S. The summed E-state index contributed by atoms with van der Waals surface area (Å²) >= 11 is 1.38. The summed E-state index contributed by atoms with van der Waals surface area (Å²) in [5.74, 6) is 1.03. The smallest absolute Gasteiger partial charge is 0.143 e. The first-order valence-corrected chi connectivity index (χ1v) is 10.7. The lowest BCUT2D eigenvalue weighted by molar-refractivity contribution is 0.122. The van der Waals surface area contributed by atoms with Crippen molar-refractivity contribution in [1.82, 2.24) is 14.5 Å². The molecule has 0 radical (unpaired) electrons. The second-order valence-corrected chi connectivity index (χ2v) is 8.13. The summed E-state index contributed by atoms with van der Waals surface area (Å²) in [4.78, 5) is 12.5. The molecule has 0 unspecified atom stereocenters. The molecule has 0 spiro atoms. The molecular weight excluding hydrogens is 396 g/mol. The number of rotatable bonds is 3. The summed E-state index contributed by atoms with van der Waals surface area (Å²) < 4.78 is 12.4. The molecule has 156 valence electrons. The normalized spacial score (nSPS) is 14.0. The molecule has 0 atom stereocenters. The molecule has 0 bridgehead atoms. The van der Waals surface area contributed by atoms with Gasteiger partial charge in [0.15, 0.2) is 0 Å². The van der Waals surface area contributed by atoms with E-state index in [0.29, 0.717) is 0 Å². The number of benzene rings is 1. The fraction of sp³-hybridized carbons (Fsp3) is 0.304. The van der Waals surface area contributed by atoms with Crippen LogP contribution in [0.2, 0.25) is 0 Å². The summed E-state index contributed by atoms with van der Waals surface area (Å²) in [6.45, 7) is 5.44. The second kappa shape index (κ2) is 9.47. The number of fused-ring (bicyclic) bond motifs is 3. The maximum atomic E-state index is 5.40. The van der Waals surface area contributed by atoms with Crippen LogP contribution in [-0.2, 0) is 16.0 Å². The molecule has 5 rings (SSSR count). The van der Waals surface area contributed by atoms with Crippen molar-refractivity contribution >= 4 is 39.8 Å². The Bertz CT molecular complexity index is 1120. The van der Waals surface area contributed by atoms with Crippen molar-refractivity contribution in [3.8, 4) is 0 Å². The van der Waals surface area contributed by atoms with Crippen molar-refractivity contribution in [2.24, 2.45) is 7.05 Å². The van der Waals surface area contributed by atoms with Crippen molar-refractivity contribution < 1.29 is 8.92 Å². The Morgan fingerprint density at radius 3 is 2.50 bits per heavy atom. The van der Waals surface area contributed by atoms with E-state index in [1.54, 1.807) is 7.11 Å². The van der Waals surface area contributed by atoms with Crippen LogP contribution >= 0.6 is 12.0 Å². The van der Waals surface area contributed by atoms with E-state index in [-0.39, 0.29) is 0 Å². The first-order valence-electron chi connectivity index (χ1n) is 9.96. The van der Waals surface area contributed by atoms with Gasteiger partial charge in [0.25, 0.3) is 0 Å². The number of aryl methyl sites for hydroxylation is 2. The molecule has 7 heteroatoms. The fourth-order valence-electron chi connectivity index (χ4n) is 3.56. The lowest BCUT2D eigenvalue weighted by Crippen LogP contribution is -2.36. The summed E-state index contributed by atoms with van der Waals surface area (Å²) in [7, 11) is 3.73. The van der Waals surface area contributed by atoms with Crippen LogP contribution in [0.1, 0.15) is 5.56 Å². The lowest BCUT2D eigenvalue weighted by atomic mass is 10.2. The minimum absolute atomic E-state index is 0.777. The van der Waals surface area contributed by atoms with Crippen LogP contribution in [0.15, 0.2) is 59.8 Å². The molecule has 0 amide bonds. The summed E-state index contributed by atoms with van der Waals surface area (Å²) in [6, 6.07) is 14.5. The molecule has 4 aromatic rings. The van der Waals surface area contributed by atoms with E-state index >= 15 is 0 Å². The lowest BCUT2D eigenvalue weighted by Gasteiger charge is -2.27. The van der Waals surface area contributed by atoms with E-state index in [2.05, 4.69) is 52.7 Å². The van der Waals surface area contributed by atoms with Crippen molar-refractivity contribution in [3.63, 3.8) is 0 Å². The van der Waals surface area contributed by atoms with Crippen LogP contribution in [0, 0.1) is 6.92 Å². The highest BCUT2D eigenvalue weighted by Gasteiger charge is 2.15. The van der Waals surface area contributed by atoms with Crippen LogP contribution in [-0.4, -0.2) is 47.9 Å². The minimum atomic E-state index is 0.777. The van der Waals surface area contributed by atoms with Gasteiger partial charge in [0.2, 0.25) is 0 Å². The van der Waals surface area contributed by atoms with Crippen LogP contribution in [0.25, 0.3) is 21.9 Å². The van der Waals surface area contributed by atoms with Gasteiger partial charge in [0.05, 0.1) is 25.8 Å². The number of ether oxygens (including phenoxy) is 1. The average Bonchev–Trinajstić information content (AvgIpc) is 3.08. The Balaban J connectivity index is 0.000000185. The Morgan fingerprint density at radius 2 is 1.77 bits per heavy atom. The molecule has 1 aromatic carbocycles. The third-order valence-electron chi connectivity index (χ3n) is 5.16. The number of pyridine rings is 2.